The van der Waals surface area contributed by atoms with Crippen molar-refractivity contribution in [2.45, 2.75) is 32.7 Å². The summed E-state index contributed by atoms with van der Waals surface area (Å²) in [5.41, 5.74) is 5.45. The van der Waals surface area contributed by atoms with Crippen LogP contribution in [0.5, 0.6) is 0 Å². The van der Waals surface area contributed by atoms with Crippen molar-refractivity contribution in [3.8, 4) is 0 Å². The van der Waals surface area contributed by atoms with Crippen LogP contribution in [0.4, 0.5) is 0 Å². The van der Waals surface area contributed by atoms with Crippen LogP contribution in [0.25, 0.3) is 0 Å². The lowest BCUT2D eigenvalue weighted by molar-refractivity contribution is 0.644. The molecule has 0 spiro atoms. The van der Waals surface area contributed by atoms with Gasteiger partial charge in [-0.05, 0) is 24.5 Å². The number of hydrogen-bond donors (Lipinski definition) is 2. The van der Waals surface area contributed by atoms with Crippen molar-refractivity contribution >= 4 is 11.3 Å². The van der Waals surface area contributed by atoms with Crippen molar-refractivity contribution in [2.75, 3.05) is 0 Å². The second-order valence-corrected chi connectivity index (χ2v) is 5.64. The van der Waals surface area contributed by atoms with E-state index in [0.29, 0.717) is 0 Å². The molecule has 0 amide bonds. The van der Waals surface area contributed by atoms with Crippen LogP contribution >= 0.6 is 11.3 Å². The van der Waals surface area contributed by atoms with Crippen LogP contribution in [-0.2, 0) is 6.42 Å². The summed E-state index contributed by atoms with van der Waals surface area (Å²) in [4.78, 5) is 5.45. The van der Waals surface area contributed by atoms with Gasteiger partial charge in [0.2, 0.25) is 0 Å². The molecule has 3 N–H and O–H groups in total. The predicted molar refractivity (Wildman–Crippen MR) is 76.5 cm³/mol. The van der Waals surface area contributed by atoms with Crippen molar-refractivity contribution in [1.82, 2.24) is 10.4 Å². The average Bonchev–Trinajstić information content (AvgIpc) is 2.78. The third-order valence-corrected chi connectivity index (χ3v) is 3.89. The summed E-state index contributed by atoms with van der Waals surface area (Å²) in [6, 6.07) is 8.63. The number of thiazole rings is 1. The lowest BCUT2D eigenvalue weighted by Gasteiger charge is -2.15. The van der Waals surface area contributed by atoms with E-state index in [9.17, 15) is 0 Å². The topological polar surface area (TPSA) is 50.9 Å². The second kappa shape index (κ2) is 6.09. The number of aromatic nitrogens is 1. The minimum Gasteiger partial charge on any atom is -0.271 e. The zero-order valence-electron chi connectivity index (χ0n) is 10.8. The fraction of sp³-hybridized carbons (Fsp3) is 0.357. The number of rotatable bonds is 5. The van der Waals surface area contributed by atoms with Gasteiger partial charge in [-0.25, -0.2) is 10.4 Å². The van der Waals surface area contributed by atoms with Crippen molar-refractivity contribution in [3.63, 3.8) is 0 Å². The SMILES string of the molecule is CCCc1cccc(C(NN)c2cnc(C)s2)c1. The van der Waals surface area contributed by atoms with E-state index in [0.717, 1.165) is 22.7 Å². The van der Waals surface area contributed by atoms with Gasteiger partial charge in [0, 0.05) is 11.1 Å². The monoisotopic (exact) mass is 261 g/mol. The van der Waals surface area contributed by atoms with Gasteiger partial charge in [0.05, 0.1) is 11.0 Å². The van der Waals surface area contributed by atoms with Crippen LogP contribution in [0.1, 0.15) is 40.4 Å². The molecule has 1 atom stereocenters. The Kier molecular flexibility index (Phi) is 4.47. The Morgan fingerprint density at radius 3 is 2.89 bits per heavy atom. The summed E-state index contributed by atoms with van der Waals surface area (Å²) in [5.74, 6) is 5.70. The molecule has 18 heavy (non-hydrogen) atoms. The van der Waals surface area contributed by atoms with E-state index < -0.39 is 0 Å². The second-order valence-electron chi connectivity index (χ2n) is 4.38. The van der Waals surface area contributed by atoms with Gasteiger partial charge in [0.25, 0.3) is 0 Å². The Morgan fingerprint density at radius 2 is 2.28 bits per heavy atom. The number of benzene rings is 1. The molecule has 1 unspecified atom stereocenters. The number of hydrogen-bond acceptors (Lipinski definition) is 4. The highest BCUT2D eigenvalue weighted by Crippen LogP contribution is 2.26. The summed E-state index contributed by atoms with van der Waals surface area (Å²) in [7, 11) is 0. The maximum atomic E-state index is 5.70. The van der Waals surface area contributed by atoms with Crippen LogP contribution in [0.15, 0.2) is 30.5 Å². The van der Waals surface area contributed by atoms with Crippen LogP contribution in [-0.4, -0.2) is 4.98 Å². The molecule has 1 aromatic carbocycles. The van der Waals surface area contributed by atoms with Crippen molar-refractivity contribution in [1.29, 1.82) is 0 Å². The molecule has 0 aliphatic carbocycles. The maximum Gasteiger partial charge on any atom is 0.0897 e. The molecule has 0 aliphatic rings. The lowest BCUT2D eigenvalue weighted by atomic mass is 10.0. The van der Waals surface area contributed by atoms with E-state index in [1.54, 1.807) is 11.3 Å². The van der Waals surface area contributed by atoms with E-state index in [2.05, 4.69) is 41.6 Å². The number of hydrazine groups is 1. The molecular weight excluding hydrogens is 242 g/mol. The summed E-state index contributed by atoms with van der Waals surface area (Å²) < 4.78 is 0. The first-order valence-corrected chi connectivity index (χ1v) is 7.03. The summed E-state index contributed by atoms with van der Waals surface area (Å²) in [6.07, 6.45) is 4.16. The Bertz CT molecular complexity index is 507. The van der Waals surface area contributed by atoms with Crippen LogP contribution in [0.2, 0.25) is 0 Å². The minimum atomic E-state index is 0.0352. The highest BCUT2D eigenvalue weighted by Gasteiger charge is 2.15. The molecule has 0 radical (unpaired) electrons. The van der Waals surface area contributed by atoms with E-state index in [1.165, 1.54) is 11.1 Å². The molecule has 2 rings (SSSR count). The molecule has 96 valence electrons. The zero-order valence-corrected chi connectivity index (χ0v) is 11.6. The normalized spacial score (nSPS) is 12.6. The Morgan fingerprint density at radius 1 is 1.44 bits per heavy atom. The molecule has 3 nitrogen and oxygen atoms in total. The highest BCUT2D eigenvalue weighted by atomic mass is 32.1. The molecule has 1 heterocycles. The summed E-state index contributed by atoms with van der Waals surface area (Å²) in [6.45, 7) is 4.20. The van der Waals surface area contributed by atoms with Gasteiger partial charge < -0.3 is 0 Å². The Labute approximate surface area is 112 Å². The van der Waals surface area contributed by atoms with Gasteiger partial charge in [-0.2, -0.15) is 0 Å². The van der Waals surface area contributed by atoms with E-state index in [4.69, 9.17) is 5.84 Å². The summed E-state index contributed by atoms with van der Waals surface area (Å²) >= 11 is 1.68. The van der Waals surface area contributed by atoms with Gasteiger partial charge in [-0.1, -0.05) is 37.6 Å². The molecule has 0 saturated heterocycles. The highest BCUT2D eigenvalue weighted by molar-refractivity contribution is 7.11. The third kappa shape index (κ3) is 2.96. The molecule has 2 aromatic rings. The van der Waals surface area contributed by atoms with Gasteiger partial charge >= 0.3 is 0 Å². The van der Waals surface area contributed by atoms with E-state index >= 15 is 0 Å². The predicted octanol–water partition coefficient (Wildman–Crippen LogP) is 2.96. The van der Waals surface area contributed by atoms with Crippen molar-refractivity contribution in [2.24, 2.45) is 5.84 Å². The lowest BCUT2D eigenvalue weighted by Crippen LogP contribution is -2.28. The van der Waals surface area contributed by atoms with Gasteiger partial charge in [-0.15, -0.1) is 11.3 Å². The fourth-order valence-corrected chi connectivity index (χ4v) is 2.94. The van der Waals surface area contributed by atoms with E-state index in [1.807, 2.05) is 13.1 Å². The number of nitrogens with one attached hydrogen (secondary N) is 1. The molecule has 0 bridgehead atoms. The standard InChI is InChI=1S/C14H19N3S/c1-3-5-11-6-4-7-12(8-11)14(17-15)13-9-16-10(2)18-13/h4,6-9,14,17H,3,5,15H2,1-2H3. The van der Waals surface area contributed by atoms with Gasteiger partial charge in [-0.3, -0.25) is 5.84 Å². The molecule has 0 aliphatic heterocycles. The quantitative estimate of drug-likeness (QED) is 0.642. The number of aryl methyl sites for hydroxylation is 2. The number of nitrogens with two attached hydrogens (primary N) is 1. The molecule has 0 fully saturated rings. The first-order chi connectivity index (χ1) is 8.74. The third-order valence-electron chi connectivity index (χ3n) is 2.91. The minimum absolute atomic E-state index is 0.0352. The largest absolute Gasteiger partial charge is 0.271 e. The first kappa shape index (κ1) is 13.2. The first-order valence-electron chi connectivity index (χ1n) is 6.22. The van der Waals surface area contributed by atoms with Gasteiger partial charge in [0.1, 0.15) is 0 Å². The molecule has 4 heteroatoms. The molecular formula is C14H19N3S. The number of nitrogens with zero attached hydrogens (tertiary/aromatic N) is 1. The van der Waals surface area contributed by atoms with Crippen molar-refractivity contribution in [3.05, 3.63) is 51.5 Å². The maximum absolute atomic E-state index is 5.70. The fourth-order valence-electron chi connectivity index (χ4n) is 2.07. The Hall–Kier alpha value is -1.23. The van der Waals surface area contributed by atoms with E-state index in [-0.39, 0.29) is 6.04 Å². The van der Waals surface area contributed by atoms with Crippen LogP contribution in [0.3, 0.4) is 0 Å². The van der Waals surface area contributed by atoms with Crippen LogP contribution < -0.4 is 11.3 Å². The zero-order chi connectivity index (χ0) is 13.0. The Balaban J connectivity index is 2.29. The average molecular weight is 261 g/mol. The van der Waals surface area contributed by atoms with Crippen molar-refractivity contribution < 1.29 is 0 Å². The summed E-state index contributed by atoms with van der Waals surface area (Å²) in [5, 5.41) is 1.06. The molecule has 0 saturated carbocycles. The van der Waals surface area contributed by atoms with Crippen LogP contribution in [0, 0.1) is 6.92 Å². The smallest absolute Gasteiger partial charge is 0.0897 e. The van der Waals surface area contributed by atoms with Gasteiger partial charge in [0.15, 0.2) is 0 Å². The molecule has 1 aromatic heterocycles.